The molecular formula is C12H8N3O6. The van der Waals surface area contributed by atoms with E-state index in [1.807, 2.05) is 0 Å². The van der Waals surface area contributed by atoms with Crippen LogP contribution in [-0.2, 0) is 0 Å². The molecule has 0 unspecified atom stereocenters. The highest BCUT2D eigenvalue weighted by atomic mass is 16.6. The molecule has 2 aromatic rings. The number of hydrogen-bond donors (Lipinski definition) is 0. The lowest BCUT2D eigenvalue weighted by molar-refractivity contribution is -0.422. The molecule has 0 saturated carbocycles. The van der Waals surface area contributed by atoms with E-state index in [2.05, 4.69) is 0 Å². The molecular weight excluding hydrogens is 282 g/mol. The van der Waals surface area contributed by atoms with Gasteiger partial charge in [0.15, 0.2) is 0 Å². The van der Waals surface area contributed by atoms with Crippen molar-refractivity contribution in [3.05, 3.63) is 66.6 Å². The fraction of sp³-hybridized carbons (Fsp3) is 0.0833. The second kappa shape index (κ2) is 5.12. The van der Waals surface area contributed by atoms with E-state index in [0.717, 1.165) is 12.1 Å². The number of hydrogen-bond acceptors (Lipinski definition) is 6. The van der Waals surface area contributed by atoms with Crippen molar-refractivity contribution in [3.63, 3.8) is 0 Å². The number of non-ortho nitro benzene ring substituents is 1. The molecule has 0 amide bonds. The molecule has 0 aliphatic carbocycles. The minimum Gasteiger partial charge on any atom is -0.258 e. The second-order valence-corrected chi connectivity index (χ2v) is 4.12. The quantitative estimate of drug-likeness (QED) is 0.628. The van der Waals surface area contributed by atoms with Crippen LogP contribution in [0.3, 0.4) is 0 Å². The molecule has 21 heavy (non-hydrogen) atoms. The van der Waals surface area contributed by atoms with E-state index in [0.29, 0.717) is 5.39 Å². The van der Waals surface area contributed by atoms with Crippen molar-refractivity contribution in [2.75, 3.05) is 0 Å². The van der Waals surface area contributed by atoms with Crippen molar-refractivity contribution >= 4 is 27.8 Å². The van der Waals surface area contributed by atoms with E-state index in [-0.39, 0.29) is 16.6 Å². The lowest BCUT2D eigenvalue weighted by Crippen LogP contribution is -2.01. The summed E-state index contributed by atoms with van der Waals surface area (Å²) in [5.74, 6) is 0. The number of rotatable bonds is 4. The van der Waals surface area contributed by atoms with Crippen LogP contribution in [0, 0.1) is 36.8 Å². The third kappa shape index (κ3) is 2.36. The van der Waals surface area contributed by atoms with Gasteiger partial charge in [0.2, 0.25) is 0 Å². The van der Waals surface area contributed by atoms with Crippen LogP contribution in [0.5, 0.6) is 0 Å². The van der Waals surface area contributed by atoms with E-state index in [1.54, 1.807) is 0 Å². The maximum atomic E-state index is 11.1. The van der Waals surface area contributed by atoms with Crippen molar-refractivity contribution in [2.24, 2.45) is 0 Å². The molecule has 0 fully saturated rings. The Hall–Kier alpha value is -3.10. The summed E-state index contributed by atoms with van der Waals surface area (Å²) in [5.41, 5.74) is -1.49. The molecule has 2 rings (SSSR count). The van der Waals surface area contributed by atoms with Gasteiger partial charge in [-0.05, 0) is 23.3 Å². The Balaban J connectivity index is 2.93. The molecule has 0 atom stereocenters. The van der Waals surface area contributed by atoms with E-state index in [1.165, 1.54) is 25.5 Å². The standard InChI is InChI=1S/C12H8N3O6/c1-2-9-10-4-3-8(13(16)17)5-7(10)6-11(14(18)19)12(9)15(20)21/h2-6H,1H3. The number of nitrogens with zero attached hydrogens (tertiary/aromatic N) is 3. The van der Waals surface area contributed by atoms with Crippen LogP contribution in [0.2, 0.25) is 0 Å². The van der Waals surface area contributed by atoms with E-state index < -0.39 is 26.1 Å². The summed E-state index contributed by atoms with van der Waals surface area (Å²) in [6.07, 6.45) is 1.37. The zero-order valence-electron chi connectivity index (χ0n) is 10.7. The van der Waals surface area contributed by atoms with Gasteiger partial charge in [0.25, 0.3) is 5.69 Å². The predicted octanol–water partition coefficient (Wildman–Crippen LogP) is 3.14. The monoisotopic (exact) mass is 290 g/mol. The maximum Gasteiger partial charge on any atom is 0.350 e. The number of fused-ring (bicyclic) bond motifs is 1. The van der Waals surface area contributed by atoms with E-state index in [9.17, 15) is 30.3 Å². The lowest BCUT2D eigenvalue weighted by Gasteiger charge is -2.06. The molecule has 0 aromatic heterocycles. The molecule has 0 aliphatic heterocycles. The second-order valence-electron chi connectivity index (χ2n) is 4.12. The molecule has 0 saturated heterocycles. The Morgan fingerprint density at radius 1 is 0.952 bits per heavy atom. The Morgan fingerprint density at radius 3 is 2.10 bits per heavy atom. The topological polar surface area (TPSA) is 129 Å². The van der Waals surface area contributed by atoms with Gasteiger partial charge in [-0.15, -0.1) is 0 Å². The molecule has 0 bridgehead atoms. The Bertz CT molecular complexity index is 786. The van der Waals surface area contributed by atoms with Gasteiger partial charge in [0, 0.05) is 23.8 Å². The minimum absolute atomic E-state index is 0.0686. The average Bonchev–Trinajstić information content (AvgIpc) is 2.43. The molecule has 9 heteroatoms. The summed E-state index contributed by atoms with van der Waals surface area (Å²) in [5, 5.41) is 33.4. The van der Waals surface area contributed by atoms with Crippen molar-refractivity contribution in [2.45, 2.75) is 6.92 Å². The first-order valence-corrected chi connectivity index (χ1v) is 5.70. The van der Waals surface area contributed by atoms with Crippen molar-refractivity contribution in [3.8, 4) is 0 Å². The molecule has 0 spiro atoms. The van der Waals surface area contributed by atoms with Crippen LogP contribution in [0.15, 0.2) is 24.3 Å². The van der Waals surface area contributed by atoms with Gasteiger partial charge < -0.3 is 0 Å². The van der Waals surface area contributed by atoms with Crippen LogP contribution >= 0.6 is 0 Å². The van der Waals surface area contributed by atoms with Crippen LogP contribution in [-0.4, -0.2) is 14.8 Å². The lowest BCUT2D eigenvalue weighted by atomic mass is 9.99. The Kier molecular flexibility index (Phi) is 3.49. The van der Waals surface area contributed by atoms with E-state index >= 15 is 0 Å². The molecule has 9 nitrogen and oxygen atoms in total. The third-order valence-corrected chi connectivity index (χ3v) is 2.99. The maximum absolute atomic E-state index is 11.1. The SMILES string of the molecule is C[CH]c1c([N+](=O)[O-])c([N+](=O)[O-])cc2cc([N+](=O)[O-])ccc12. The van der Waals surface area contributed by atoms with Crippen molar-refractivity contribution in [1.82, 2.24) is 0 Å². The highest BCUT2D eigenvalue weighted by Crippen LogP contribution is 2.38. The third-order valence-electron chi connectivity index (χ3n) is 2.99. The van der Waals surface area contributed by atoms with Crippen molar-refractivity contribution in [1.29, 1.82) is 0 Å². The Labute approximate surface area is 117 Å². The molecule has 0 N–H and O–H groups in total. The summed E-state index contributed by atoms with van der Waals surface area (Å²) in [6, 6.07) is 4.68. The summed E-state index contributed by atoms with van der Waals surface area (Å²) in [4.78, 5) is 30.5. The normalized spacial score (nSPS) is 10.5. The highest BCUT2D eigenvalue weighted by molar-refractivity contribution is 5.95. The number of nitro groups is 3. The fourth-order valence-corrected chi connectivity index (χ4v) is 2.13. The van der Waals surface area contributed by atoms with Gasteiger partial charge in [-0.1, -0.05) is 6.92 Å². The summed E-state index contributed by atoms with van der Waals surface area (Å²) in [6.45, 7) is 1.51. The summed E-state index contributed by atoms with van der Waals surface area (Å²) >= 11 is 0. The van der Waals surface area contributed by atoms with Gasteiger partial charge in [-0.3, -0.25) is 30.3 Å². The van der Waals surface area contributed by atoms with Gasteiger partial charge in [-0.25, -0.2) is 0 Å². The largest absolute Gasteiger partial charge is 0.350 e. The average molecular weight is 290 g/mol. The van der Waals surface area contributed by atoms with Crippen LogP contribution in [0.4, 0.5) is 17.1 Å². The molecule has 2 aromatic carbocycles. The zero-order valence-corrected chi connectivity index (χ0v) is 10.7. The van der Waals surface area contributed by atoms with Crippen LogP contribution in [0.25, 0.3) is 10.8 Å². The molecule has 1 radical (unpaired) electrons. The van der Waals surface area contributed by atoms with Gasteiger partial charge in [-0.2, -0.15) is 0 Å². The zero-order chi connectivity index (χ0) is 15.7. The number of nitro benzene ring substituents is 3. The van der Waals surface area contributed by atoms with Gasteiger partial charge >= 0.3 is 11.4 Å². The van der Waals surface area contributed by atoms with Crippen LogP contribution in [0.1, 0.15) is 12.5 Å². The van der Waals surface area contributed by atoms with Crippen LogP contribution < -0.4 is 0 Å². The fourth-order valence-electron chi connectivity index (χ4n) is 2.13. The van der Waals surface area contributed by atoms with Crippen molar-refractivity contribution < 1.29 is 14.8 Å². The number of benzene rings is 2. The van der Waals surface area contributed by atoms with E-state index in [4.69, 9.17) is 0 Å². The van der Waals surface area contributed by atoms with Gasteiger partial charge in [0.1, 0.15) is 0 Å². The first-order chi connectivity index (χ1) is 9.86. The first-order valence-electron chi connectivity index (χ1n) is 5.70. The highest BCUT2D eigenvalue weighted by Gasteiger charge is 2.30. The summed E-state index contributed by atoms with van der Waals surface area (Å²) in [7, 11) is 0. The Morgan fingerprint density at radius 2 is 1.62 bits per heavy atom. The van der Waals surface area contributed by atoms with Gasteiger partial charge in [0.05, 0.1) is 14.8 Å². The molecule has 0 heterocycles. The summed E-state index contributed by atoms with van der Waals surface area (Å²) < 4.78 is 0. The first kappa shape index (κ1) is 14.3. The predicted molar refractivity (Wildman–Crippen MR) is 73.0 cm³/mol. The smallest absolute Gasteiger partial charge is 0.258 e. The molecule has 0 aliphatic rings. The molecule has 107 valence electrons. The minimum atomic E-state index is -0.872.